The SMILES string of the molecule is C[C@H]1C[C@H](c2ccc(N(C)C)cc2)NC(=S)N1. The van der Waals surface area contributed by atoms with Crippen molar-refractivity contribution in [2.75, 3.05) is 19.0 Å². The number of nitrogens with zero attached hydrogens (tertiary/aromatic N) is 1. The fraction of sp³-hybridized carbons (Fsp3) is 0.462. The smallest absolute Gasteiger partial charge is 0.166 e. The van der Waals surface area contributed by atoms with E-state index in [1.165, 1.54) is 11.3 Å². The summed E-state index contributed by atoms with van der Waals surface area (Å²) >= 11 is 5.20. The van der Waals surface area contributed by atoms with E-state index in [9.17, 15) is 0 Å². The van der Waals surface area contributed by atoms with Gasteiger partial charge in [-0.2, -0.15) is 0 Å². The van der Waals surface area contributed by atoms with Gasteiger partial charge in [-0.1, -0.05) is 12.1 Å². The third-order valence-electron chi connectivity index (χ3n) is 3.08. The largest absolute Gasteiger partial charge is 0.378 e. The monoisotopic (exact) mass is 249 g/mol. The number of nitrogens with one attached hydrogen (secondary N) is 2. The van der Waals surface area contributed by atoms with Gasteiger partial charge in [0, 0.05) is 25.8 Å². The molecule has 4 heteroatoms. The average molecular weight is 249 g/mol. The van der Waals surface area contributed by atoms with Gasteiger partial charge in [0.15, 0.2) is 5.11 Å². The number of hydrogen-bond acceptors (Lipinski definition) is 2. The third-order valence-corrected chi connectivity index (χ3v) is 3.32. The summed E-state index contributed by atoms with van der Waals surface area (Å²) in [5, 5.41) is 7.29. The van der Waals surface area contributed by atoms with Crippen LogP contribution in [0.4, 0.5) is 5.69 Å². The maximum Gasteiger partial charge on any atom is 0.166 e. The standard InChI is InChI=1S/C13H19N3S/c1-9-8-12(15-13(17)14-9)10-4-6-11(7-5-10)16(2)3/h4-7,9,12H,8H2,1-3H3,(H2,14,15,17)/t9-,12+/m0/s1. The van der Waals surface area contributed by atoms with E-state index in [-0.39, 0.29) is 0 Å². The molecule has 2 atom stereocenters. The molecule has 0 spiro atoms. The Balaban J connectivity index is 2.14. The van der Waals surface area contributed by atoms with Crippen LogP contribution in [-0.4, -0.2) is 25.2 Å². The van der Waals surface area contributed by atoms with E-state index in [4.69, 9.17) is 12.2 Å². The molecule has 92 valence electrons. The summed E-state index contributed by atoms with van der Waals surface area (Å²) < 4.78 is 0. The van der Waals surface area contributed by atoms with Gasteiger partial charge in [-0.15, -0.1) is 0 Å². The van der Waals surface area contributed by atoms with Crippen molar-refractivity contribution in [1.29, 1.82) is 0 Å². The molecule has 1 aliphatic heterocycles. The Kier molecular flexibility index (Phi) is 3.52. The number of hydrogen-bond donors (Lipinski definition) is 2. The zero-order valence-electron chi connectivity index (χ0n) is 10.5. The van der Waals surface area contributed by atoms with Gasteiger partial charge in [-0.3, -0.25) is 0 Å². The lowest BCUT2D eigenvalue weighted by Crippen LogP contribution is -2.49. The molecule has 1 fully saturated rings. The van der Waals surface area contributed by atoms with Gasteiger partial charge in [0.05, 0.1) is 6.04 Å². The summed E-state index contributed by atoms with van der Waals surface area (Å²) in [5.41, 5.74) is 2.52. The van der Waals surface area contributed by atoms with Crippen LogP contribution in [0, 0.1) is 0 Å². The Morgan fingerprint density at radius 1 is 1.18 bits per heavy atom. The second-order valence-electron chi connectivity index (χ2n) is 4.79. The molecule has 0 unspecified atom stereocenters. The topological polar surface area (TPSA) is 27.3 Å². The number of thiocarbonyl (C=S) groups is 1. The van der Waals surface area contributed by atoms with Crippen LogP contribution in [0.3, 0.4) is 0 Å². The lowest BCUT2D eigenvalue weighted by Gasteiger charge is -2.31. The summed E-state index contributed by atoms with van der Waals surface area (Å²) in [4.78, 5) is 2.10. The van der Waals surface area contributed by atoms with Crippen LogP contribution in [0.2, 0.25) is 0 Å². The zero-order valence-corrected chi connectivity index (χ0v) is 11.3. The summed E-state index contributed by atoms with van der Waals surface area (Å²) in [6, 6.07) is 9.40. The first-order chi connectivity index (χ1) is 8.06. The van der Waals surface area contributed by atoms with Crippen molar-refractivity contribution in [3.63, 3.8) is 0 Å². The molecule has 0 amide bonds. The molecule has 0 bridgehead atoms. The predicted molar refractivity (Wildman–Crippen MR) is 76.5 cm³/mol. The highest BCUT2D eigenvalue weighted by Gasteiger charge is 2.21. The van der Waals surface area contributed by atoms with Gasteiger partial charge in [0.25, 0.3) is 0 Å². The fourth-order valence-electron chi connectivity index (χ4n) is 2.12. The highest BCUT2D eigenvalue weighted by Crippen LogP contribution is 2.23. The van der Waals surface area contributed by atoms with E-state index >= 15 is 0 Å². The second kappa shape index (κ2) is 4.92. The molecular formula is C13H19N3S. The van der Waals surface area contributed by atoms with Crippen LogP contribution in [0.25, 0.3) is 0 Å². The molecule has 3 nitrogen and oxygen atoms in total. The lowest BCUT2D eigenvalue weighted by molar-refractivity contribution is 0.455. The van der Waals surface area contributed by atoms with Crippen LogP contribution in [0.5, 0.6) is 0 Å². The first-order valence-electron chi connectivity index (χ1n) is 5.90. The normalized spacial score (nSPS) is 23.8. The molecule has 1 aromatic carbocycles. The molecule has 1 saturated heterocycles. The molecule has 0 aliphatic carbocycles. The molecule has 1 aliphatic rings. The summed E-state index contributed by atoms with van der Waals surface area (Å²) in [7, 11) is 4.10. The molecule has 17 heavy (non-hydrogen) atoms. The highest BCUT2D eigenvalue weighted by molar-refractivity contribution is 7.80. The molecule has 0 saturated carbocycles. The minimum Gasteiger partial charge on any atom is -0.378 e. The second-order valence-corrected chi connectivity index (χ2v) is 5.20. The van der Waals surface area contributed by atoms with Crippen molar-refractivity contribution in [1.82, 2.24) is 10.6 Å². The molecule has 1 heterocycles. The van der Waals surface area contributed by atoms with Gasteiger partial charge in [0.2, 0.25) is 0 Å². The first-order valence-corrected chi connectivity index (χ1v) is 6.31. The summed E-state index contributed by atoms with van der Waals surface area (Å²) in [5.74, 6) is 0. The predicted octanol–water partition coefficient (Wildman–Crippen LogP) is 2.05. The molecule has 0 aromatic heterocycles. The van der Waals surface area contributed by atoms with Crippen LogP contribution >= 0.6 is 12.2 Å². The molecule has 0 radical (unpaired) electrons. The van der Waals surface area contributed by atoms with Gasteiger partial charge in [0.1, 0.15) is 0 Å². The Morgan fingerprint density at radius 2 is 1.82 bits per heavy atom. The minimum atomic E-state index is 0.329. The van der Waals surface area contributed by atoms with E-state index < -0.39 is 0 Å². The van der Waals surface area contributed by atoms with E-state index in [1.54, 1.807) is 0 Å². The van der Waals surface area contributed by atoms with Crippen molar-refractivity contribution in [2.24, 2.45) is 0 Å². The van der Waals surface area contributed by atoms with Crippen LogP contribution in [0.15, 0.2) is 24.3 Å². The zero-order chi connectivity index (χ0) is 12.4. The number of anilines is 1. The Labute approximate surface area is 108 Å². The van der Waals surface area contributed by atoms with Gasteiger partial charge in [-0.25, -0.2) is 0 Å². The number of benzene rings is 1. The molecule has 1 aromatic rings. The average Bonchev–Trinajstić information content (AvgIpc) is 2.28. The van der Waals surface area contributed by atoms with Crippen molar-refractivity contribution < 1.29 is 0 Å². The van der Waals surface area contributed by atoms with Gasteiger partial charge in [-0.05, 0) is 43.3 Å². The minimum absolute atomic E-state index is 0.329. The van der Waals surface area contributed by atoms with Crippen molar-refractivity contribution >= 4 is 23.0 Å². The molecule has 2 rings (SSSR count). The van der Waals surface area contributed by atoms with E-state index in [0.29, 0.717) is 12.1 Å². The van der Waals surface area contributed by atoms with E-state index in [1.807, 2.05) is 0 Å². The maximum atomic E-state index is 5.20. The first kappa shape index (κ1) is 12.2. The summed E-state index contributed by atoms with van der Waals surface area (Å²) in [6.45, 7) is 2.16. The number of rotatable bonds is 2. The van der Waals surface area contributed by atoms with Crippen LogP contribution < -0.4 is 15.5 Å². The van der Waals surface area contributed by atoms with E-state index in [2.05, 4.69) is 60.8 Å². The highest BCUT2D eigenvalue weighted by atomic mass is 32.1. The lowest BCUT2D eigenvalue weighted by atomic mass is 9.98. The summed E-state index contributed by atoms with van der Waals surface area (Å²) in [6.07, 6.45) is 1.06. The third kappa shape index (κ3) is 2.88. The van der Waals surface area contributed by atoms with Gasteiger partial charge >= 0.3 is 0 Å². The quantitative estimate of drug-likeness (QED) is 0.785. The Hall–Kier alpha value is -1.29. The Morgan fingerprint density at radius 3 is 2.35 bits per heavy atom. The van der Waals surface area contributed by atoms with Crippen molar-refractivity contribution in [3.8, 4) is 0 Å². The Bertz CT molecular complexity index is 400. The van der Waals surface area contributed by atoms with Gasteiger partial charge < -0.3 is 15.5 Å². The van der Waals surface area contributed by atoms with Crippen molar-refractivity contribution in [2.45, 2.75) is 25.4 Å². The molecule has 2 N–H and O–H groups in total. The fourth-order valence-corrected chi connectivity index (χ4v) is 2.46. The van der Waals surface area contributed by atoms with Crippen LogP contribution in [0.1, 0.15) is 24.9 Å². The van der Waals surface area contributed by atoms with Crippen LogP contribution in [-0.2, 0) is 0 Å². The molecular weight excluding hydrogens is 230 g/mol. The van der Waals surface area contributed by atoms with Crippen molar-refractivity contribution in [3.05, 3.63) is 29.8 Å². The maximum absolute atomic E-state index is 5.20. The van der Waals surface area contributed by atoms with E-state index in [0.717, 1.165) is 11.5 Å².